The number of hydrogen-bond donors (Lipinski definition) is 1. The molecule has 142 valence electrons. The van der Waals surface area contributed by atoms with Gasteiger partial charge in [0.15, 0.2) is 0 Å². The number of para-hydroxylation sites is 1. The Balaban J connectivity index is 1.37. The smallest absolute Gasteiger partial charge is 0.291 e. The molecule has 1 fully saturated rings. The van der Waals surface area contributed by atoms with Crippen molar-refractivity contribution in [2.24, 2.45) is 0 Å². The van der Waals surface area contributed by atoms with Crippen molar-refractivity contribution < 1.29 is 9.53 Å². The summed E-state index contributed by atoms with van der Waals surface area (Å²) < 4.78 is 6.36. The van der Waals surface area contributed by atoms with E-state index in [0.717, 1.165) is 25.0 Å². The minimum atomic E-state index is -0.0734. The topological polar surface area (TPSA) is 71.1 Å². The highest BCUT2D eigenvalue weighted by Crippen LogP contribution is 2.52. The van der Waals surface area contributed by atoms with E-state index < -0.39 is 0 Å². The fourth-order valence-corrected chi connectivity index (χ4v) is 4.67. The first kappa shape index (κ1) is 17.0. The van der Waals surface area contributed by atoms with E-state index in [1.165, 1.54) is 17.5 Å². The summed E-state index contributed by atoms with van der Waals surface area (Å²) in [4.78, 5) is 18.5. The van der Waals surface area contributed by atoms with Crippen LogP contribution in [0.3, 0.4) is 0 Å². The molecule has 0 bridgehead atoms. The Morgan fingerprint density at radius 3 is 2.57 bits per heavy atom. The number of H-pyrrole nitrogens is 1. The van der Waals surface area contributed by atoms with Crippen molar-refractivity contribution in [3.63, 3.8) is 0 Å². The maximum absolute atomic E-state index is 12.6. The first-order valence-corrected chi connectivity index (χ1v) is 9.71. The molecule has 2 aliphatic rings. The standard InChI is InChI=1S/C22H22N4O2/c27-21(20-23-15-24-25-20)26-12-10-22(11-13-26)14-19(17-8-4-5-9-18(17)22)28-16-6-2-1-3-7-16/h1-9,15,19H,10-14H2,(H,23,24,25). The molecule has 6 heteroatoms. The molecule has 1 atom stereocenters. The van der Waals surface area contributed by atoms with Crippen LogP contribution in [0, 0.1) is 0 Å². The van der Waals surface area contributed by atoms with Crippen LogP contribution in [-0.4, -0.2) is 39.1 Å². The van der Waals surface area contributed by atoms with Crippen molar-refractivity contribution >= 4 is 5.91 Å². The summed E-state index contributed by atoms with van der Waals surface area (Å²) in [6.07, 6.45) is 4.23. The number of ether oxygens (including phenoxy) is 1. The molecule has 1 amide bonds. The van der Waals surface area contributed by atoms with E-state index in [1.807, 2.05) is 35.2 Å². The molecule has 1 unspecified atom stereocenters. The van der Waals surface area contributed by atoms with Crippen LogP contribution in [-0.2, 0) is 5.41 Å². The number of carbonyl (C=O) groups is 1. The number of rotatable bonds is 3. The van der Waals surface area contributed by atoms with E-state index in [1.54, 1.807) is 0 Å². The van der Waals surface area contributed by atoms with Gasteiger partial charge in [-0.2, -0.15) is 5.10 Å². The molecule has 28 heavy (non-hydrogen) atoms. The van der Waals surface area contributed by atoms with Gasteiger partial charge in [-0.05, 0) is 42.5 Å². The summed E-state index contributed by atoms with van der Waals surface area (Å²) in [6, 6.07) is 18.6. The average molecular weight is 374 g/mol. The average Bonchev–Trinajstić information content (AvgIpc) is 3.37. The lowest BCUT2D eigenvalue weighted by Crippen LogP contribution is -2.44. The number of aromatic nitrogens is 3. The Morgan fingerprint density at radius 1 is 1.07 bits per heavy atom. The van der Waals surface area contributed by atoms with Gasteiger partial charge in [0.1, 0.15) is 18.2 Å². The Hall–Kier alpha value is -3.15. The van der Waals surface area contributed by atoms with E-state index in [4.69, 9.17) is 4.74 Å². The third-order valence-corrected chi connectivity index (χ3v) is 6.10. The molecular formula is C22H22N4O2. The van der Waals surface area contributed by atoms with Crippen molar-refractivity contribution in [3.8, 4) is 5.75 Å². The third kappa shape index (κ3) is 2.85. The second-order valence-corrected chi connectivity index (χ2v) is 7.62. The third-order valence-electron chi connectivity index (χ3n) is 6.10. The lowest BCUT2D eigenvalue weighted by molar-refractivity contribution is 0.0628. The highest BCUT2D eigenvalue weighted by atomic mass is 16.5. The monoisotopic (exact) mass is 374 g/mol. The zero-order valence-electron chi connectivity index (χ0n) is 15.5. The van der Waals surface area contributed by atoms with E-state index in [-0.39, 0.29) is 17.4 Å². The summed E-state index contributed by atoms with van der Waals surface area (Å²) >= 11 is 0. The summed E-state index contributed by atoms with van der Waals surface area (Å²) in [6.45, 7) is 1.43. The van der Waals surface area contributed by atoms with E-state index in [9.17, 15) is 4.79 Å². The lowest BCUT2D eigenvalue weighted by atomic mass is 9.73. The van der Waals surface area contributed by atoms with Gasteiger partial charge in [-0.3, -0.25) is 9.89 Å². The zero-order valence-corrected chi connectivity index (χ0v) is 15.5. The second kappa shape index (κ2) is 6.78. The lowest BCUT2D eigenvalue weighted by Gasteiger charge is -2.40. The van der Waals surface area contributed by atoms with Crippen LogP contribution in [0.5, 0.6) is 5.75 Å². The number of nitrogens with zero attached hydrogens (tertiary/aromatic N) is 3. The number of fused-ring (bicyclic) bond motifs is 2. The molecule has 2 heterocycles. The number of carbonyl (C=O) groups excluding carboxylic acids is 1. The largest absolute Gasteiger partial charge is 0.486 e. The molecule has 3 aromatic rings. The summed E-state index contributed by atoms with van der Waals surface area (Å²) in [7, 11) is 0. The van der Waals surface area contributed by atoms with Crippen molar-refractivity contribution in [1.82, 2.24) is 20.1 Å². The van der Waals surface area contributed by atoms with Crippen LogP contribution in [0.2, 0.25) is 0 Å². The van der Waals surface area contributed by atoms with Crippen molar-refractivity contribution in [2.45, 2.75) is 30.8 Å². The van der Waals surface area contributed by atoms with Crippen LogP contribution in [0.1, 0.15) is 47.1 Å². The molecule has 1 aromatic heterocycles. The molecule has 1 aliphatic heterocycles. The molecule has 5 rings (SSSR count). The first-order chi connectivity index (χ1) is 13.8. The summed E-state index contributed by atoms with van der Waals surface area (Å²) in [5, 5.41) is 6.46. The molecule has 2 aromatic carbocycles. The predicted molar refractivity (Wildman–Crippen MR) is 104 cm³/mol. The van der Waals surface area contributed by atoms with Gasteiger partial charge < -0.3 is 9.64 Å². The molecule has 1 saturated heterocycles. The molecule has 6 nitrogen and oxygen atoms in total. The van der Waals surface area contributed by atoms with Crippen molar-refractivity contribution in [3.05, 3.63) is 77.9 Å². The van der Waals surface area contributed by atoms with Crippen LogP contribution in [0.15, 0.2) is 60.9 Å². The molecule has 0 saturated carbocycles. The number of likely N-dealkylation sites (tertiary alicyclic amines) is 1. The molecule has 1 N–H and O–H groups in total. The van der Waals surface area contributed by atoms with Gasteiger partial charge in [0.2, 0.25) is 5.82 Å². The maximum Gasteiger partial charge on any atom is 0.291 e. The van der Waals surface area contributed by atoms with Gasteiger partial charge in [-0.25, -0.2) is 4.98 Å². The van der Waals surface area contributed by atoms with Gasteiger partial charge in [0.25, 0.3) is 5.91 Å². The number of benzene rings is 2. The Kier molecular flexibility index (Phi) is 4.11. The van der Waals surface area contributed by atoms with E-state index >= 15 is 0 Å². The van der Waals surface area contributed by atoms with Crippen LogP contribution >= 0.6 is 0 Å². The normalized spacial score (nSPS) is 20.1. The highest BCUT2D eigenvalue weighted by Gasteiger charge is 2.47. The molecule has 1 aliphatic carbocycles. The SMILES string of the molecule is O=C(c1ncn[nH]1)N1CCC2(CC1)CC(Oc1ccccc1)c1ccccc12. The van der Waals surface area contributed by atoms with Crippen LogP contribution in [0.4, 0.5) is 0 Å². The first-order valence-electron chi connectivity index (χ1n) is 9.71. The predicted octanol–water partition coefficient (Wildman–Crippen LogP) is 3.50. The minimum Gasteiger partial charge on any atom is -0.486 e. The number of nitrogens with one attached hydrogen (secondary N) is 1. The Labute approximate surface area is 163 Å². The van der Waals surface area contributed by atoms with Gasteiger partial charge >= 0.3 is 0 Å². The zero-order chi connectivity index (χ0) is 19.0. The number of amides is 1. The number of hydrogen-bond acceptors (Lipinski definition) is 4. The van der Waals surface area contributed by atoms with Crippen LogP contribution < -0.4 is 4.74 Å². The van der Waals surface area contributed by atoms with Gasteiger partial charge in [0, 0.05) is 18.5 Å². The van der Waals surface area contributed by atoms with Gasteiger partial charge in [-0.1, -0.05) is 42.5 Å². The molecular weight excluding hydrogens is 352 g/mol. The maximum atomic E-state index is 12.6. The quantitative estimate of drug-likeness (QED) is 0.762. The van der Waals surface area contributed by atoms with Crippen molar-refractivity contribution in [1.29, 1.82) is 0 Å². The number of piperidine rings is 1. The van der Waals surface area contributed by atoms with Gasteiger partial charge in [-0.15, -0.1) is 0 Å². The fraction of sp³-hybridized carbons (Fsp3) is 0.318. The Morgan fingerprint density at radius 2 is 1.82 bits per heavy atom. The number of aromatic amines is 1. The van der Waals surface area contributed by atoms with E-state index in [0.29, 0.717) is 18.9 Å². The fourth-order valence-electron chi connectivity index (χ4n) is 4.67. The Bertz CT molecular complexity index is 963. The van der Waals surface area contributed by atoms with E-state index in [2.05, 4.69) is 39.4 Å². The van der Waals surface area contributed by atoms with Gasteiger partial charge in [0.05, 0.1) is 0 Å². The summed E-state index contributed by atoms with van der Waals surface area (Å²) in [5.74, 6) is 1.14. The molecule has 1 spiro atoms. The highest BCUT2D eigenvalue weighted by molar-refractivity contribution is 5.90. The summed E-state index contributed by atoms with van der Waals surface area (Å²) in [5.41, 5.74) is 2.72. The minimum absolute atomic E-state index is 0.0510. The van der Waals surface area contributed by atoms with Crippen molar-refractivity contribution in [2.75, 3.05) is 13.1 Å². The second-order valence-electron chi connectivity index (χ2n) is 7.62. The molecule has 0 radical (unpaired) electrons. The van der Waals surface area contributed by atoms with Crippen LogP contribution in [0.25, 0.3) is 0 Å².